The first kappa shape index (κ1) is 19.2. The number of nitrogens with zero attached hydrogens (tertiary/aromatic N) is 1. The smallest absolute Gasteiger partial charge is 0.416 e. The second-order valence-corrected chi connectivity index (χ2v) is 6.39. The van der Waals surface area contributed by atoms with Gasteiger partial charge in [-0.05, 0) is 48.5 Å². The van der Waals surface area contributed by atoms with Gasteiger partial charge in [-0.2, -0.15) is 13.2 Å². The Labute approximate surface area is 166 Å². The lowest BCUT2D eigenvalue weighted by Crippen LogP contribution is -2.24. The van der Waals surface area contributed by atoms with Gasteiger partial charge in [-0.1, -0.05) is 0 Å². The van der Waals surface area contributed by atoms with Crippen LogP contribution in [-0.4, -0.2) is 16.4 Å². The van der Waals surface area contributed by atoms with Gasteiger partial charge in [0.1, 0.15) is 17.3 Å². The van der Waals surface area contributed by atoms with Crippen LogP contribution in [0.1, 0.15) is 26.3 Å². The lowest BCUT2D eigenvalue weighted by atomic mass is 10.1. The number of anilines is 1. The highest BCUT2D eigenvalue weighted by Gasteiger charge is 2.32. The number of hydrogen-bond acceptors (Lipinski definition) is 5. The number of nitrogens with one attached hydrogen (secondary N) is 1. The molecule has 2 heterocycles. The number of ether oxygens (including phenoxy) is 1. The monoisotopic (exact) mass is 415 g/mol. The number of carbonyl (C=O) groups is 2. The number of alkyl halides is 3. The fourth-order valence-electron chi connectivity index (χ4n) is 3.06. The number of fused-ring (bicyclic) bond motifs is 1. The van der Waals surface area contributed by atoms with E-state index in [0.717, 1.165) is 22.8 Å². The molecule has 3 aromatic rings. The van der Waals surface area contributed by atoms with Gasteiger partial charge in [-0.15, -0.1) is 0 Å². The zero-order chi connectivity index (χ0) is 21.6. The van der Waals surface area contributed by atoms with Crippen molar-refractivity contribution in [1.29, 1.82) is 0 Å². The first-order valence-corrected chi connectivity index (χ1v) is 8.52. The minimum Gasteiger partial charge on any atom is -0.457 e. The van der Waals surface area contributed by atoms with Crippen LogP contribution in [0.4, 0.5) is 19.0 Å². The summed E-state index contributed by atoms with van der Waals surface area (Å²) in [7, 11) is 0. The quantitative estimate of drug-likeness (QED) is 0.640. The highest BCUT2D eigenvalue weighted by molar-refractivity contribution is 6.23. The Kier molecular flexibility index (Phi) is 4.34. The summed E-state index contributed by atoms with van der Waals surface area (Å²) in [5.74, 6) is -1.06. The number of halogens is 3. The predicted molar refractivity (Wildman–Crippen MR) is 99.8 cm³/mol. The van der Waals surface area contributed by atoms with Crippen molar-refractivity contribution in [2.24, 2.45) is 0 Å². The summed E-state index contributed by atoms with van der Waals surface area (Å²) in [5, 5.41) is 2.08. The number of rotatable bonds is 3. The molecule has 10 heteroatoms. The molecule has 30 heavy (non-hydrogen) atoms. The first-order valence-electron chi connectivity index (χ1n) is 8.52. The van der Waals surface area contributed by atoms with E-state index in [1.54, 1.807) is 0 Å². The highest BCUT2D eigenvalue weighted by Crippen LogP contribution is 2.31. The van der Waals surface area contributed by atoms with Crippen molar-refractivity contribution in [3.63, 3.8) is 0 Å². The number of nitrogens with two attached hydrogens (primary N) is 1. The average molecular weight is 415 g/mol. The molecule has 2 aromatic carbocycles. The Bertz CT molecular complexity index is 1230. The number of pyridine rings is 1. The SMILES string of the molecule is Nc1c2c(cc(=O)n1-c1ccc(Oc3ccc(C(F)(F)F)cc3)cc1)C(=O)NC2=O. The fraction of sp³-hybridized carbons (Fsp3) is 0.0500. The molecule has 2 amide bonds. The molecule has 0 atom stereocenters. The van der Waals surface area contributed by atoms with E-state index in [1.165, 1.54) is 36.4 Å². The summed E-state index contributed by atoms with van der Waals surface area (Å²) in [6.45, 7) is 0. The number of carbonyl (C=O) groups excluding carboxylic acids is 2. The van der Waals surface area contributed by atoms with E-state index < -0.39 is 29.1 Å². The number of hydrogen-bond donors (Lipinski definition) is 2. The van der Waals surface area contributed by atoms with Gasteiger partial charge in [0.25, 0.3) is 17.4 Å². The summed E-state index contributed by atoms with van der Waals surface area (Å²) >= 11 is 0. The molecular weight excluding hydrogens is 403 g/mol. The van der Waals surface area contributed by atoms with Crippen LogP contribution in [0.2, 0.25) is 0 Å². The van der Waals surface area contributed by atoms with Crippen LogP contribution in [0, 0.1) is 0 Å². The van der Waals surface area contributed by atoms with Crippen LogP contribution < -0.4 is 21.3 Å². The van der Waals surface area contributed by atoms with Crippen molar-refractivity contribution >= 4 is 17.6 Å². The van der Waals surface area contributed by atoms with Crippen molar-refractivity contribution in [3.8, 4) is 17.2 Å². The molecule has 7 nitrogen and oxygen atoms in total. The summed E-state index contributed by atoms with van der Waals surface area (Å²) in [6, 6.07) is 11.1. The van der Waals surface area contributed by atoms with E-state index in [9.17, 15) is 27.6 Å². The predicted octanol–water partition coefficient (Wildman–Crippen LogP) is 3.11. The summed E-state index contributed by atoms with van der Waals surface area (Å²) in [6.07, 6.45) is -4.44. The van der Waals surface area contributed by atoms with Crippen molar-refractivity contribution in [3.05, 3.63) is 81.6 Å². The Balaban J connectivity index is 1.62. The molecule has 1 aliphatic rings. The number of benzene rings is 2. The van der Waals surface area contributed by atoms with Gasteiger partial charge in [0, 0.05) is 6.07 Å². The van der Waals surface area contributed by atoms with E-state index >= 15 is 0 Å². The third-order valence-electron chi connectivity index (χ3n) is 4.47. The van der Waals surface area contributed by atoms with Crippen LogP contribution in [0.5, 0.6) is 11.5 Å². The molecule has 0 fully saturated rings. The van der Waals surface area contributed by atoms with Crippen LogP contribution in [0.3, 0.4) is 0 Å². The van der Waals surface area contributed by atoms with Gasteiger partial charge >= 0.3 is 6.18 Å². The average Bonchev–Trinajstić information content (AvgIpc) is 2.96. The molecule has 0 radical (unpaired) electrons. The molecular formula is C20H12F3N3O4. The molecule has 0 bridgehead atoms. The molecule has 0 saturated carbocycles. The molecule has 0 aliphatic carbocycles. The summed E-state index contributed by atoms with van der Waals surface area (Å²) in [5.41, 5.74) is 4.71. The molecule has 4 rings (SSSR count). The zero-order valence-electron chi connectivity index (χ0n) is 15.0. The first-order chi connectivity index (χ1) is 14.1. The number of amides is 2. The maximum Gasteiger partial charge on any atom is 0.416 e. The Hall–Kier alpha value is -4.08. The van der Waals surface area contributed by atoms with Crippen LogP contribution in [0.25, 0.3) is 5.69 Å². The lowest BCUT2D eigenvalue weighted by molar-refractivity contribution is -0.137. The lowest BCUT2D eigenvalue weighted by Gasteiger charge is -2.13. The van der Waals surface area contributed by atoms with E-state index in [-0.39, 0.29) is 22.7 Å². The van der Waals surface area contributed by atoms with Crippen LogP contribution in [0.15, 0.2) is 59.4 Å². The van der Waals surface area contributed by atoms with Crippen molar-refractivity contribution in [2.45, 2.75) is 6.18 Å². The zero-order valence-corrected chi connectivity index (χ0v) is 15.0. The fourth-order valence-corrected chi connectivity index (χ4v) is 3.06. The van der Waals surface area contributed by atoms with Gasteiger partial charge in [0.15, 0.2) is 0 Å². The number of aromatic nitrogens is 1. The van der Waals surface area contributed by atoms with Crippen LogP contribution in [-0.2, 0) is 6.18 Å². The summed E-state index contributed by atoms with van der Waals surface area (Å²) in [4.78, 5) is 36.0. The van der Waals surface area contributed by atoms with E-state index in [4.69, 9.17) is 10.5 Å². The van der Waals surface area contributed by atoms with Crippen molar-refractivity contribution in [2.75, 3.05) is 5.73 Å². The van der Waals surface area contributed by atoms with Crippen molar-refractivity contribution < 1.29 is 27.5 Å². The second kappa shape index (κ2) is 6.76. The van der Waals surface area contributed by atoms with E-state index in [0.29, 0.717) is 11.4 Å². The van der Waals surface area contributed by atoms with Gasteiger partial charge in [-0.25, -0.2) is 0 Å². The Morgan fingerprint density at radius 1 is 0.867 bits per heavy atom. The maximum absolute atomic E-state index is 12.6. The largest absolute Gasteiger partial charge is 0.457 e. The normalized spacial score (nSPS) is 13.2. The molecule has 1 aromatic heterocycles. The van der Waals surface area contributed by atoms with Gasteiger partial charge in [-0.3, -0.25) is 24.3 Å². The molecule has 0 spiro atoms. The standard InChI is InChI=1S/C20H12F3N3O4/c21-20(22,23)10-1-5-12(6-2-10)30-13-7-3-11(4-8-13)26-15(27)9-14-16(17(26)24)19(29)25-18(14)28/h1-9H,24H2,(H,25,28,29). The maximum atomic E-state index is 12.6. The molecule has 0 unspecified atom stereocenters. The van der Waals surface area contributed by atoms with E-state index in [2.05, 4.69) is 5.32 Å². The molecule has 0 saturated heterocycles. The highest BCUT2D eigenvalue weighted by atomic mass is 19.4. The molecule has 152 valence electrons. The van der Waals surface area contributed by atoms with Gasteiger partial charge in [0.05, 0.1) is 22.4 Å². The van der Waals surface area contributed by atoms with Crippen molar-refractivity contribution in [1.82, 2.24) is 9.88 Å². The van der Waals surface area contributed by atoms with Gasteiger partial charge < -0.3 is 10.5 Å². The van der Waals surface area contributed by atoms with E-state index in [1.807, 2.05) is 0 Å². The topological polar surface area (TPSA) is 103 Å². The molecule has 1 aliphatic heterocycles. The van der Waals surface area contributed by atoms with Gasteiger partial charge in [0.2, 0.25) is 0 Å². The summed E-state index contributed by atoms with van der Waals surface area (Å²) < 4.78 is 44.4. The second-order valence-electron chi connectivity index (χ2n) is 6.39. The van der Waals surface area contributed by atoms with Crippen LogP contribution >= 0.6 is 0 Å². The minimum absolute atomic E-state index is 0.0790. The number of imide groups is 1. The molecule has 3 N–H and O–H groups in total. The number of nitrogen functional groups attached to an aromatic ring is 1. The minimum atomic E-state index is -4.44. The Morgan fingerprint density at radius 2 is 1.43 bits per heavy atom. The Morgan fingerprint density at radius 3 is 2.00 bits per heavy atom. The third-order valence-corrected chi connectivity index (χ3v) is 4.47. The third kappa shape index (κ3) is 3.28.